The molecule has 1 aromatic carbocycles. The van der Waals surface area contributed by atoms with Crippen LogP contribution >= 0.6 is 35.4 Å². The highest BCUT2D eigenvalue weighted by atomic mass is 35.5. The first-order chi connectivity index (χ1) is 7.45. The van der Waals surface area contributed by atoms with E-state index in [-0.39, 0.29) is 20.7 Å². The van der Waals surface area contributed by atoms with Gasteiger partial charge in [-0.25, -0.2) is 4.79 Å². The molecule has 0 aromatic heterocycles. The normalized spacial score (nSPS) is 9.69. The smallest absolute Gasteiger partial charge is 0.340 e. The maximum atomic E-state index is 11.4. The molecule has 0 aliphatic rings. The molecule has 16 heavy (non-hydrogen) atoms. The largest absolute Gasteiger partial charge is 0.465 e. The molecule has 0 amide bonds. The Bertz CT molecular complexity index is 451. The minimum Gasteiger partial charge on any atom is -0.465 e. The van der Waals surface area contributed by atoms with E-state index in [0.717, 1.165) is 0 Å². The number of halogens is 2. The molecule has 4 nitrogen and oxygen atoms in total. The first-order valence-corrected chi connectivity index (χ1v) is 5.26. The summed E-state index contributed by atoms with van der Waals surface area (Å²) in [6.45, 7) is 0. The van der Waals surface area contributed by atoms with Crippen LogP contribution < -0.4 is 11.1 Å². The summed E-state index contributed by atoms with van der Waals surface area (Å²) in [6, 6.07) is 2.84. The van der Waals surface area contributed by atoms with E-state index in [1.54, 1.807) is 0 Å². The lowest BCUT2D eigenvalue weighted by atomic mass is 10.2. The fourth-order valence-corrected chi connectivity index (χ4v) is 1.50. The fraction of sp³-hybridized carbons (Fsp3) is 0.111. The molecular formula is C9H8Cl2N2O2S. The van der Waals surface area contributed by atoms with E-state index in [4.69, 9.17) is 28.9 Å². The molecule has 0 bridgehead atoms. The first kappa shape index (κ1) is 13.0. The monoisotopic (exact) mass is 278 g/mol. The Morgan fingerprint density at radius 3 is 2.50 bits per heavy atom. The molecule has 0 aliphatic carbocycles. The highest BCUT2D eigenvalue weighted by molar-refractivity contribution is 7.80. The Morgan fingerprint density at radius 1 is 1.44 bits per heavy atom. The van der Waals surface area contributed by atoms with Crippen molar-refractivity contribution in [3.63, 3.8) is 0 Å². The van der Waals surface area contributed by atoms with E-state index in [1.165, 1.54) is 19.2 Å². The molecule has 0 atom stereocenters. The number of esters is 1. The second-order valence-electron chi connectivity index (χ2n) is 2.79. The molecular weight excluding hydrogens is 271 g/mol. The number of nitrogens with one attached hydrogen (secondary N) is 1. The summed E-state index contributed by atoms with van der Waals surface area (Å²) in [5, 5.41) is 3.17. The van der Waals surface area contributed by atoms with Gasteiger partial charge in [0, 0.05) is 0 Å². The number of rotatable bonds is 2. The van der Waals surface area contributed by atoms with Crippen molar-refractivity contribution in [1.82, 2.24) is 0 Å². The molecule has 86 valence electrons. The summed E-state index contributed by atoms with van der Waals surface area (Å²) in [5.74, 6) is -0.558. The molecule has 1 rings (SSSR count). The second-order valence-corrected chi connectivity index (χ2v) is 4.05. The molecule has 7 heteroatoms. The van der Waals surface area contributed by atoms with E-state index < -0.39 is 5.97 Å². The lowest BCUT2D eigenvalue weighted by Gasteiger charge is -2.10. The van der Waals surface area contributed by atoms with Gasteiger partial charge >= 0.3 is 5.97 Å². The van der Waals surface area contributed by atoms with Crippen LogP contribution in [-0.4, -0.2) is 18.2 Å². The maximum absolute atomic E-state index is 11.4. The summed E-state index contributed by atoms with van der Waals surface area (Å²) in [7, 11) is 1.26. The van der Waals surface area contributed by atoms with Gasteiger partial charge in [0.1, 0.15) is 0 Å². The Hall–Kier alpha value is -1.04. The van der Waals surface area contributed by atoms with E-state index in [9.17, 15) is 4.79 Å². The summed E-state index contributed by atoms with van der Waals surface area (Å²) in [5.41, 5.74) is 5.88. The zero-order chi connectivity index (χ0) is 12.3. The fourth-order valence-electron chi connectivity index (χ4n) is 1.06. The van der Waals surface area contributed by atoms with E-state index in [1.807, 2.05) is 0 Å². The number of hydrogen-bond donors (Lipinski definition) is 2. The van der Waals surface area contributed by atoms with Gasteiger partial charge in [0.15, 0.2) is 5.11 Å². The number of thiocarbonyl (C=S) groups is 1. The minimum absolute atomic E-state index is 0.0172. The Kier molecular flexibility index (Phi) is 4.35. The quantitative estimate of drug-likeness (QED) is 0.643. The van der Waals surface area contributed by atoms with Crippen LogP contribution in [0.3, 0.4) is 0 Å². The van der Waals surface area contributed by atoms with Gasteiger partial charge < -0.3 is 15.8 Å². The van der Waals surface area contributed by atoms with Gasteiger partial charge in [-0.05, 0) is 24.4 Å². The number of anilines is 1. The average molecular weight is 279 g/mol. The van der Waals surface area contributed by atoms with Gasteiger partial charge in [-0.1, -0.05) is 23.2 Å². The summed E-state index contributed by atoms with van der Waals surface area (Å²) in [4.78, 5) is 11.4. The number of hydrogen-bond acceptors (Lipinski definition) is 3. The number of nitrogens with two attached hydrogens (primary N) is 1. The highest BCUT2D eigenvalue weighted by Crippen LogP contribution is 2.29. The van der Waals surface area contributed by atoms with Crippen molar-refractivity contribution < 1.29 is 9.53 Å². The zero-order valence-corrected chi connectivity index (χ0v) is 10.5. The number of ether oxygens (including phenoxy) is 1. The van der Waals surface area contributed by atoms with E-state index >= 15 is 0 Å². The number of carbonyl (C=O) groups is 1. The summed E-state index contributed by atoms with van der Waals surface area (Å²) >= 11 is 16.3. The van der Waals surface area contributed by atoms with Gasteiger partial charge in [0.05, 0.1) is 28.4 Å². The molecule has 0 saturated heterocycles. The lowest BCUT2D eigenvalue weighted by Crippen LogP contribution is -2.21. The SMILES string of the molecule is COC(=O)c1cc(Cl)c(Cl)cc1NC(N)=S. The zero-order valence-electron chi connectivity index (χ0n) is 8.21. The molecule has 0 radical (unpaired) electrons. The highest BCUT2D eigenvalue weighted by Gasteiger charge is 2.15. The molecule has 1 aromatic rings. The van der Waals surface area contributed by atoms with Gasteiger partial charge in [0.2, 0.25) is 0 Å². The van der Waals surface area contributed by atoms with Crippen LogP contribution in [0, 0.1) is 0 Å². The van der Waals surface area contributed by atoms with Crippen LogP contribution in [-0.2, 0) is 4.74 Å². The van der Waals surface area contributed by atoms with Crippen molar-refractivity contribution in [2.24, 2.45) is 5.73 Å². The summed E-state index contributed by atoms with van der Waals surface area (Å²) < 4.78 is 4.59. The minimum atomic E-state index is -0.558. The van der Waals surface area contributed by atoms with Crippen molar-refractivity contribution >= 4 is 52.2 Å². The van der Waals surface area contributed by atoms with Gasteiger partial charge in [-0.2, -0.15) is 0 Å². The van der Waals surface area contributed by atoms with Crippen molar-refractivity contribution in [3.8, 4) is 0 Å². The maximum Gasteiger partial charge on any atom is 0.340 e. The molecule has 0 spiro atoms. The number of benzene rings is 1. The van der Waals surface area contributed by atoms with Crippen LogP contribution in [0.25, 0.3) is 0 Å². The van der Waals surface area contributed by atoms with Crippen molar-refractivity contribution in [2.75, 3.05) is 12.4 Å². The Labute approximate surface area is 108 Å². The predicted molar refractivity (Wildman–Crippen MR) is 68.2 cm³/mol. The van der Waals surface area contributed by atoms with E-state index in [2.05, 4.69) is 22.3 Å². The first-order valence-electron chi connectivity index (χ1n) is 4.09. The predicted octanol–water partition coefficient (Wildman–Crippen LogP) is 2.44. The van der Waals surface area contributed by atoms with Crippen molar-refractivity contribution in [1.29, 1.82) is 0 Å². The Balaban J connectivity index is 3.27. The molecule has 0 fully saturated rings. The van der Waals surface area contributed by atoms with Crippen LogP contribution in [0.2, 0.25) is 10.0 Å². The van der Waals surface area contributed by atoms with Crippen molar-refractivity contribution in [3.05, 3.63) is 27.7 Å². The molecule has 0 heterocycles. The third-order valence-electron chi connectivity index (χ3n) is 1.72. The van der Waals surface area contributed by atoms with E-state index in [0.29, 0.717) is 5.69 Å². The van der Waals surface area contributed by atoms with Crippen LogP contribution in [0.1, 0.15) is 10.4 Å². The lowest BCUT2D eigenvalue weighted by molar-refractivity contribution is 0.0602. The standard InChI is InChI=1S/C9H8Cl2N2O2S/c1-15-8(14)4-2-5(10)6(11)3-7(4)13-9(12)16/h2-3H,1H3,(H3,12,13,16). The Morgan fingerprint density at radius 2 is 2.00 bits per heavy atom. The third-order valence-corrected chi connectivity index (χ3v) is 2.55. The van der Waals surface area contributed by atoms with Crippen LogP contribution in [0.5, 0.6) is 0 Å². The summed E-state index contributed by atoms with van der Waals surface area (Å²) in [6.07, 6.45) is 0. The molecule has 0 saturated carbocycles. The van der Waals surface area contributed by atoms with Gasteiger partial charge in [-0.15, -0.1) is 0 Å². The van der Waals surface area contributed by atoms with Gasteiger partial charge in [0.25, 0.3) is 0 Å². The van der Waals surface area contributed by atoms with Gasteiger partial charge in [-0.3, -0.25) is 0 Å². The average Bonchev–Trinajstić information content (AvgIpc) is 2.21. The third kappa shape index (κ3) is 2.98. The second kappa shape index (κ2) is 5.34. The van der Waals surface area contributed by atoms with Crippen molar-refractivity contribution in [2.45, 2.75) is 0 Å². The molecule has 3 N–H and O–H groups in total. The van der Waals surface area contributed by atoms with Crippen LogP contribution in [0.15, 0.2) is 12.1 Å². The van der Waals surface area contributed by atoms with Crippen LogP contribution in [0.4, 0.5) is 5.69 Å². The number of carbonyl (C=O) groups excluding carboxylic acids is 1. The number of methoxy groups -OCH3 is 1. The molecule has 0 aliphatic heterocycles. The molecule has 0 unspecified atom stereocenters. The topological polar surface area (TPSA) is 64.3 Å².